The van der Waals surface area contributed by atoms with Crippen LogP contribution in [0.1, 0.15) is 5.56 Å². The number of carbonyl (C=O) groups is 1. The van der Waals surface area contributed by atoms with E-state index < -0.39 is 0 Å². The fourth-order valence-electron chi connectivity index (χ4n) is 1.12. The normalized spacial score (nSPS) is 10.2. The number of hydrogen-bond acceptors (Lipinski definition) is 2. The molecular weight excluding hydrogens is 284 g/mol. The number of carbonyl (C=O) groups excluding carboxylic acids is 1. The topological polar surface area (TPSA) is 17.1 Å². The van der Waals surface area contributed by atoms with Gasteiger partial charge < -0.3 is 0 Å². The van der Waals surface area contributed by atoms with E-state index in [-0.39, 0.29) is 5.78 Å². The lowest BCUT2D eigenvalue weighted by Gasteiger charge is -2.05. The van der Waals surface area contributed by atoms with Crippen molar-refractivity contribution in [3.05, 3.63) is 28.8 Å². The van der Waals surface area contributed by atoms with Gasteiger partial charge in [0, 0.05) is 16.3 Å². The molecule has 0 amide bonds. The predicted molar refractivity (Wildman–Crippen MR) is 65.7 cm³/mol. The van der Waals surface area contributed by atoms with Crippen LogP contribution in [-0.2, 0) is 11.2 Å². The van der Waals surface area contributed by atoms with Crippen LogP contribution in [0.4, 0.5) is 0 Å². The van der Waals surface area contributed by atoms with E-state index in [4.69, 9.17) is 11.6 Å². The highest BCUT2D eigenvalue weighted by Crippen LogP contribution is 2.24. The van der Waals surface area contributed by atoms with Crippen molar-refractivity contribution in [1.82, 2.24) is 0 Å². The average molecular weight is 294 g/mol. The molecule has 1 nitrogen and oxygen atoms in total. The fourth-order valence-corrected chi connectivity index (χ4v) is 2.21. The summed E-state index contributed by atoms with van der Waals surface area (Å²) in [5, 5.41) is 1.12. The van der Waals surface area contributed by atoms with Crippen molar-refractivity contribution in [2.45, 2.75) is 11.3 Å². The van der Waals surface area contributed by atoms with Gasteiger partial charge in [-0.3, -0.25) is 4.79 Å². The Hall–Kier alpha value is 0.01000. The summed E-state index contributed by atoms with van der Waals surface area (Å²) in [6.45, 7) is 0. The zero-order valence-corrected chi connectivity index (χ0v) is 10.9. The second-order valence-electron chi connectivity index (χ2n) is 2.81. The Balaban J connectivity index is 2.90. The molecular formula is C10H10BrClOS. The summed E-state index contributed by atoms with van der Waals surface area (Å²) in [7, 11) is 0. The number of halogens is 2. The lowest BCUT2D eigenvalue weighted by Crippen LogP contribution is -2.04. The van der Waals surface area contributed by atoms with Gasteiger partial charge in [-0.05, 0) is 24.0 Å². The molecule has 0 spiro atoms. The molecule has 0 saturated carbocycles. The zero-order valence-electron chi connectivity index (χ0n) is 7.72. The molecule has 0 N–H and O–H groups in total. The SMILES string of the molecule is CSc1cc(Cl)ccc1CC(=O)CBr. The third-order valence-corrected chi connectivity index (χ3v) is 3.47. The van der Waals surface area contributed by atoms with Gasteiger partial charge in [-0.2, -0.15) is 0 Å². The van der Waals surface area contributed by atoms with Crippen molar-refractivity contribution < 1.29 is 4.79 Å². The van der Waals surface area contributed by atoms with Crippen molar-refractivity contribution in [1.29, 1.82) is 0 Å². The highest BCUT2D eigenvalue weighted by molar-refractivity contribution is 9.09. The van der Waals surface area contributed by atoms with Crippen molar-refractivity contribution in [3.63, 3.8) is 0 Å². The number of alkyl halides is 1. The summed E-state index contributed by atoms with van der Waals surface area (Å²) in [4.78, 5) is 12.3. The second kappa shape index (κ2) is 5.79. The molecule has 14 heavy (non-hydrogen) atoms. The van der Waals surface area contributed by atoms with Gasteiger partial charge in [0.15, 0.2) is 0 Å². The Bertz CT molecular complexity index is 341. The summed E-state index contributed by atoms with van der Waals surface area (Å²) in [6.07, 6.45) is 2.45. The molecule has 0 radical (unpaired) electrons. The van der Waals surface area contributed by atoms with E-state index in [1.807, 2.05) is 24.5 Å². The smallest absolute Gasteiger partial charge is 0.147 e. The average Bonchev–Trinajstić information content (AvgIpc) is 2.20. The van der Waals surface area contributed by atoms with E-state index in [0.29, 0.717) is 16.8 Å². The summed E-state index contributed by atoms with van der Waals surface area (Å²) in [5.74, 6) is 0.183. The Morgan fingerprint density at radius 1 is 1.57 bits per heavy atom. The number of rotatable bonds is 4. The maximum Gasteiger partial charge on any atom is 0.147 e. The zero-order chi connectivity index (χ0) is 10.6. The highest BCUT2D eigenvalue weighted by Gasteiger charge is 2.06. The molecule has 1 rings (SSSR count). The first-order valence-electron chi connectivity index (χ1n) is 4.07. The molecule has 4 heteroatoms. The number of Topliss-reactive ketones (excluding diaryl/α,β-unsaturated/α-hetero) is 1. The Kier molecular flexibility index (Phi) is 4.99. The molecule has 0 fully saturated rings. The Morgan fingerprint density at radius 2 is 2.29 bits per heavy atom. The minimum absolute atomic E-state index is 0.183. The molecule has 0 aromatic heterocycles. The van der Waals surface area contributed by atoms with Crippen molar-refractivity contribution in [2.75, 3.05) is 11.6 Å². The molecule has 0 saturated heterocycles. The number of benzene rings is 1. The van der Waals surface area contributed by atoms with E-state index in [0.717, 1.165) is 10.5 Å². The third kappa shape index (κ3) is 3.30. The van der Waals surface area contributed by atoms with E-state index in [1.165, 1.54) is 0 Å². The number of hydrogen-bond donors (Lipinski definition) is 0. The molecule has 0 heterocycles. The molecule has 1 aromatic rings. The van der Waals surface area contributed by atoms with Gasteiger partial charge in [0.25, 0.3) is 0 Å². The van der Waals surface area contributed by atoms with Gasteiger partial charge in [-0.1, -0.05) is 33.6 Å². The minimum Gasteiger partial charge on any atom is -0.298 e. The third-order valence-electron chi connectivity index (χ3n) is 1.79. The van der Waals surface area contributed by atoms with Crippen molar-refractivity contribution >= 4 is 45.1 Å². The maximum atomic E-state index is 11.2. The van der Waals surface area contributed by atoms with Crippen LogP contribution in [0.5, 0.6) is 0 Å². The first-order valence-corrected chi connectivity index (χ1v) is 6.80. The molecule has 0 aliphatic carbocycles. The first kappa shape index (κ1) is 12.1. The summed E-state index contributed by atoms with van der Waals surface area (Å²) in [5.41, 5.74) is 1.05. The van der Waals surface area contributed by atoms with Crippen LogP contribution >= 0.6 is 39.3 Å². The molecule has 0 bridgehead atoms. The standard InChI is InChI=1S/C10H10BrClOS/c1-14-10-5-8(12)3-2-7(10)4-9(13)6-11/h2-3,5H,4,6H2,1H3. The largest absolute Gasteiger partial charge is 0.298 e. The van der Waals surface area contributed by atoms with Crippen molar-refractivity contribution in [3.8, 4) is 0 Å². The van der Waals surface area contributed by atoms with Crippen LogP contribution in [0.15, 0.2) is 23.1 Å². The number of ketones is 1. The monoisotopic (exact) mass is 292 g/mol. The summed E-state index contributed by atoms with van der Waals surface area (Å²) < 4.78 is 0. The predicted octanol–water partition coefficient (Wildman–Crippen LogP) is 3.57. The van der Waals surface area contributed by atoms with Crippen LogP contribution in [0, 0.1) is 0 Å². The van der Waals surface area contributed by atoms with E-state index in [9.17, 15) is 4.79 Å². The van der Waals surface area contributed by atoms with Gasteiger partial charge in [0.05, 0.1) is 5.33 Å². The van der Waals surface area contributed by atoms with E-state index >= 15 is 0 Å². The minimum atomic E-state index is 0.183. The summed E-state index contributed by atoms with van der Waals surface area (Å²) in [6, 6.07) is 5.62. The Morgan fingerprint density at radius 3 is 2.86 bits per heavy atom. The van der Waals surface area contributed by atoms with Crippen LogP contribution < -0.4 is 0 Å². The van der Waals surface area contributed by atoms with Crippen LogP contribution in [-0.4, -0.2) is 17.4 Å². The van der Waals surface area contributed by atoms with Gasteiger partial charge in [-0.15, -0.1) is 11.8 Å². The van der Waals surface area contributed by atoms with E-state index in [2.05, 4.69) is 15.9 Å². The Labute approximate surface area is 101 Å². The lowest BCUT2D eigenvalue weighted by atomic mass is 10.1. The number of thioether (sulfide) groups is 1. The fraction of sp³-hybridized carbons (Fsp3) is 0.300. The van der Waals surface area contributed by atoms with Gasteiger partial charge in [0.1, 0.15) is 5.78 Å². The van der Waals surface area contributed by atoms with Gasteiger partial charge in [0.2, 0.25) is 0 Å². The molecule has 0 aliphatic rings. The van der Waals surface area contributed by atoms with Crippen LogP contribution in [0.3, 0.4) is 0 Å². The summed E-state index contributed by atoms with van der Waals surface area (Å²) >= 11 is 10.6. The maximum absolute atomic E-state index is 11.2. The first-order chi connectivity index (χ1) is 6.67. The molecule has 1 aromatic carbocycles. The second-order valence-corrected chi connectivity index (χ2v) is 4.65. The van der Waals surface area contributed by atoms with E-state index in [1.54, 1.807) is 11.8 Å². The van der Waals surface area contributed by atoms with Gasteiger partial charge in [-0.25, -0.2) is 0 Å². The molecule has 0 unspecified atom stereocenters. The van der Waals surface area contributed by atoms with Gasteiger partial charge >= 0.3 is 0 Å². The highest BCUT2D eigenvalue weighted by atomic mass is 79.9. The lowest BCUT2D eigenvalue weighted by molar-refractivity contribution is -0.115. The van der Waals surface area contributed by atoms with Crippen LogP contribution in [0.2, 0.25) is 5.02 Å². The molecule has 0 aliphatic heterocycles. The molecule has 0 atom stereocenters. The van der Waals surface area contributed by atoms with Crippen LogP contribution in [0.25, 0.3) is 0 Å². The van der Waals surface area contributed by atoms with Crippen molar-refractivity contribution in [2.24, 2.45) is 0 Å². The molecule has 76 valence electrons. The quantitative estimate of drug-likeness (QED) is 0.623.